The van der Waals surface area contributed by atoms with E-state index in [0.29, 0.717) is 0 Å². The van der Waals surface area contributed by atoms with Crippen molar-refractivity contribution in [1.82, 2.24) is 0 Å². The molecule has 1 nitrogen and oxygen atoms in total. The molecule has 1 heterocycles. The third kappa shape index (κ3) is 1.41. The molecule has 0 spiro atoms. The van der Waals surface area contributed by atoms with E-state index in [2.05, 4.69) is 39.8 Å². The maximum atomic E-state index is 5.74. The summed E-state index contributed by atoms with van der Waals surface area (Å²) in [6, 6.07) is 4.46. The van der Waals surface area contributed by atoms with Crippen molar-refractivity contribution < 1.29 is 4.74 Å². The fraction of sp³-hybridized carbons (Fsp3) is 0.538. The van der Waals surface area contributed by atoms with E-state index in [1.54, 1.807) is 0 Å². The quantitative estimate of drug-likeness (QED) is 0.609. The van der Waals surface area contributed by atoms with Gasteiger partial charge in [-0.25, -0.2) is 0 Å². The van der Waals surface area contributed by atoms with Crippen LogP contribution in [0, 0.1) is 13.8 Å². The number of hydrogen-bond donors (Lipinski definition) is 0. The summed E-state index contributed by atoms with van der Waals surface area (Å²) in [5, 5.41) is 0. The van der Waals surface area contributed by atoms with Crippen LogP contribution in [0.25, 0.3) is 0 Å². The molecule has 0 aliphatic carbocycles. The molecule has 14 heavy (non-hydrogen) atoms. The second-order valence-electron chi connectivity index (χ2n) is 4.94. The summed E-state index contributed by atoms with van der Waals surface area (Å²) in [5.41, 5.74) is 4.25. The van der Waals surface area contributed by atoms with Crippen LogP contribution >= 0.6 is 0 Å². The van der Waals surface area contributed by atoms with Gasteiger partial charge >= 0.3 is 0 Å². The molecule has 1 aromatic rings. The van der Waals surface area contributed by atoms with Crippen LogP contribution in [0.2, 0.25) is 0 Å². The van der Waals surface area contributed by atoms with Crippen LogP contribution in [-0.4, -0.2) is 6.61 Å². The SMILES string of the molecule is Cc1cc(C)c2c(c1)C(C)(C)CCO2. The fourth-order valence-corrected chi connectivity index (χ4v) is 2.19. The average molecular weight is 190 g/mol. The highest BCUT2D eigenvalue weighted by molar-refractivity contribution is 5.48. The second kappa shape index (κ2) is 3.01. The molecular formula is C13H18O. The lowest BCUT2D eigenvalue weighted by Gasteiger charge is -2.33. The molecule has 1 heteroatoms. The standard InChI is InChI=1S/C13H18O/c1-9-7-10(2)12-11(8-9)13(3,4)5-6-14-12/h7-8H,5-6H2,1-4H3. The molecule has 0 bridgehead atoms. The molecule has 0 radical (unpaired) electrons. The van der Waals surface area contributed by atoms with Crippen LogP contribution in [0.3, 0.4) is 0 Å². The molecule has 0 unspecified atom stereocenters. The highest BCUT2D eigenvalue weighted by atomic mass is 16.5. The van der Waals surface area contributed by atoms with Crippen molar-refractivity contribution in [1.29, 1.82) is 0 Å². The zero-order valence-corrected chi connectivity index (χ0v) is 9.48. The predicted molar refractivity (Wildman–Crippen MR) is 59.1 cm³/mol. The molecule has 0 aromatic heterocycles. The van der Waals surface area contributed by atoms with Gasteiger partial charge in [0.2, 0.25) is 0 Å². The molecule has 0 atom stereocenters. The van der Waals surface area contributed by atoms with E-state index in [4.69, 9.17) is 4.74 Å². The van der Waals surface area contributed by atoms with Crippen LogP contribution < -0.4 is 4.74 Å². The van der Waals surface area contributed by atoms with Crippen LogP contribution in [0.1, 0.15) is 37.0 Å². The van der Waals surface area contributed by atoms with E-state index >= 15 is 0 Å². The lowest BCUT2D eigenvalue weighted by atomic mass is 9.78. The smallest absolute Gasteiger partial charge is 0.125 e. The summed E-state index contributed by atoms with van der Waals surface area (Å²) >= 11 is 0. The molecule has 2 rings (SSSR count). The van der Waals surface area contributed by atoms with Gasteiger partial charge in [-0.3, -0.25) is 0 Å². The first-order valence-electron chi connectivity index (χ1n) is 5.25. The molecule has 0 fully saturated rings. The van der Waals surface area contributed by atoms with Crippen LogP contribution in [0.5, 0.6) is 5.75 Å². The normalized spacial score (nSPS) is 18.6. The van der Waals surface area contributed by atoms with Gasteiger partial charge in [-0.05, 0) is 31.2 Å². The number of ether oxygens (including phenoxy) is 1. The van der Waals surface area contributed by atoms with Gasteiger partial charge in [0.25, 0.3) is 0 Å². The second-order valence-corrected chi connectivity index (χ2v) is 4.94. The molecule has 1 aromatic carbocycles. The van der Waals surface area contributed by atoms with Crippen molar-refractivity contribution in [3.63, 3.8) is 0 Å². The van der Waals surface area contributed by atoms with E-state index in [1.807, 2.05) is 0 Å². The Morgan fingerprint density at radius 3 is 2.64 bits per heavy atom. The van der Waals surface area contributed by atoms with Crippen molar-refractivity contribution in [2.45, 2.75) is 39.5 Å². The zero-order valence-electron chi connectivity index (χ0n) is 9.48. The average Bonchev–Trinajstić information content (AvgIpc) is 2.06. The topological polar surface area (TPSA) is 9.23 Å². The number of benzene rings is 1. The maximum Gasteiger partial charge on any atom is 0.125 e. The Bertz CT molecular complexity index is 364. The fourth-order valence-electron chi connectivity index (χ4n) is 2.19. The van der Waals surface area contributed by atoms with Crippen molar-refractivity contribution in [2.24, 2.45) is 0 Å². The molecule has 1 aliphatic rings. The first kappa shape index (κ1) is 9.57. The largest absolute Gasteiger partial charge is 0.493 e. The van der Waals surface area contributed by atoms with Gasteiger partial charge in [0.15, 0.2) is 0 Å². The maximum absolute atomic E-state index is 5.74. The molecule has 0 saturated carbocycles. The Hall–Kier alpha value is -0.980. The van der Waals surface area contributed by atoms with Gasteiger partial charge in [0, 0.05) is 5.56 Å². The molecule has 1 aliphatic heterocycles. The van der Waals surface area contributed by atoms with Crippen molar-refractivity contribution in [2.75, 3.05) is 6.61 Å². The molecule has 0 saturated heterocycles. The lowest BCUT2D eigenvalue weighted by molar-refractivity contribution is 0.232. The van der Waals surface area contributed by atoms with Crippen molar-refractivity contribution in [3.8, 4) is 5.75 Å². The Morgan fingerprint density at radius 2 is 1.93 bits per heavy atom. The number of aryl methyl sites for hydroxylation is 2. The monoisotopic (exact) mass is 190 g/mol. The molecular weight excluding hydrogens is 172 g/mol. The molecule has 76 valence electrons. The Labute approximate surface area is 86.1 Å². The summed E-state index contributed by atoms with van der Waals surface area (Å²) in [6.07, 6.45) is 1.11. The molecule has 0 amide bonds. The highest BCUT2D eigenvalue weighted by Crippen LogP contribution is 2.40. The van der Waals surface area contributed by atoms with Gasteiger partial charge in [0.05, 0.1) is 6.61 Å². The van der Waals surface area contributed by atoms with Gasteiger partial charge in [-0.15, -0.1) is 0 Å². The number of hydrogen-bond acceptors (Lipinski definition) is 1. The Kier molecular flexibility index (Phi) is 2.06. The summed E-state index contributed by atoms with van der Waals surface area (Å²) < 4.78 is 5.74. The molecule has 0 N–H and O–H groups in total. The Balaban J connectivity index is 2.63. The summed E-state index contributed by atoms with van der Waals surface area (Å²) in [4.78, 5) is 0. The third-order valence-electron chi connectivity index (χ3n) is 3.12. The van der Waals surface area contributed by atoms with E-state index in [0.717, 1.165) is 18.8 Å². The van der Waals surface area contributed by atoms with Crippen LogP contribution in [0.15, 0.2) is 12.1 Å². The van der Waals surface area contributed by atoms with E-state index in [-0.39, 0.29) is 5.41 Å². The summed E-state index contributed by atoms with van der Waals surface area (Å²) in [7, 11) is 0. The van der Waals surface area contributed by atoms with E-state index < -0.39 is 0 Å². The minimum Gasteiger partial charge on any atom is -0.493 e. The zero-order chi connectivity index (χ0) is 10.3. The number of fused-ring (bicyclic) bond motifs is 1. The first-order chi connectivity index (χ1) is 6.50. The van der Waals surface area contributed by atoms with Gasteiger partial charge in [-0.2, -0.15) is 0 Å². The summed E-state index contributed by atoms with van der Waals surface area (Å²) in [6.45, 7) is 9.73. The Morgan fingerprint density at radius 1 is 1.21 bits per heavy atom. The van der Waals surface area contributed by atoms with E-state index in [9.17, 15) is 0 Å². The van der Waals surface area contributed by atoms with E-state index in [1.165, 1.54) is 16.7 Å². The number of rotatable bonds is 0. The third-order valence-corrected chi connectivity index (χ3v) is 3.12. The minimum absolute atomic E-state index is 0.268. The highest BCUT2D eigenvalue weighted by Gasteiger charge is 2.29. The van der Waals surface area contributed by atoms with Crippen LogP contribution in [-0.2, 0) is 5.41 Å². The predicted octanol–water partition coefficient (Wildman–Crippen LogP) is 3.36. The summed E-state index contributed by atoms with van der Waals surface area (Å²) in [5.74, 6) is 1.12. The van der Waals surface area contributed by atoms with Gasteiger partial charge in [0.1, 0.15) is 5.75 Å². The van der Waals surface area contributed by atoms with Crippen molar-refractivity contribution >= 4 is 0 Å². The van der Waals surface area contributed by atoms with Gasteiger partial charge < -0.3 is 4.74 Å². The minimum atomic E-state index is 0.268. The van der Waals surface area contributed by atoms with Crippen molar-refractivity contribution in [3.05, 3.63) is 28.8 Å². The van der Waals surface area contributed by atoms with Gasteiger partial charge in [-0.1, -0.05) is 31.5 Å². The van der Waals surface area contributed by atoms with Crippen LogP contribution in [0.4, 0.5) is 0 Å². The first-order valence-corrected chi connectivity index (χ1v) is 5.25. The lowest BCUT2D eigenvalue weighted by Crippen LogP contribution is -2.27.